The van der Waals surface area contributed by atoms with Crippen molar-refractivity contribution in [1.29, 1.82) is 0 Å². The molecule has 1 aromatic rings. The molecule has 13 heavy (non-hydrogen) atoms. The van der Waals surface area contributed by atoms with Gasteiger partial charge < -0.3 is 14.4 Å². The molecule has 0 saturated carbocycles. The van der Waals surface area contributed by atoms with Crippen molar-refractivity contribution in [2.24, 2.45) is 0 Å². The Morgan fingerprint density at radius 2 is 2.08 bits per heavy atom. The SMILES string of the molecule is O=c1ccccn1CCP(=O)(O)O. The number of hydrogen-bond acceptors (Lipinski definition) is 2. The molecule has 0 aliphatic heterocycles. The van der Waals surface area contributed by atoms with Crippen LogP contribution in [0.15, 0.2) is 29.2 Å². The fraction of sp³-hybridized carbons (Fsp3) is 0.286. The van der Waals surface area contributed by atoms with Gasteiger partial charge in [-0.1, -0.05) is 6.07 Å². The average Bonchev–Trinajstić information content (AvgIpc) is 2.01. The van der Waals surface area contributed by atoms with E-state index in [0.717, 1.165) is 0 Å². The van der Waals surface area contributed by atoms with Gasteiger partial charge in [0.15, 0.2) is 0 Å². The molecule has 6 heteroatoms. The Kier molecular flexibility index (Phi) is 3.03. The lowest BCUT2D eigenvalue weighted by atomic mass is 10.5. The Hall–Kier alpha value is -0.900. The summed E-state index contributed by atoms with van der Waals surface area (Å²) in [5.74, 6) is 0. The molecule has 0 aromatic carbocycles. The summed E-state index contributed by atoms with van der Waals surface area (Å²) in [6.45, 7) is 0.0456. The topological polar surface area (TPSA) is 79.5 Å². The first kappa shape index (κ1) is 10.2. The third-order valence-electron chi connectivity index (χ3n) is 1.53. The molecule has 0 aliphatic carbocycles. The van der Waals surface area contributed by atoms with Crippen LogP contribution >= 0.6 is 7.60 Å². The van der Waals surface area contributed by atoms with Crippen LogP contribution < -0.4 is 5.56 Å². The highest BCUT2D eigenvalue weighted by atomic mass is 31.2. The molecular formula is C7H10NO4P. The fourth-order valence-electron chi connectivity index (χ4n) is 0.883. The van der Waals surface area contributed by atoms with E-state index in [-0.39, 0.29) is 18.3 Å². The largest absolute Gasteiger partial charge is 0.327 e. The molecule has 1 aromatic heterocycles. The number of hydrogen-bond donors (Lipinski definition) is 2. The predicted molar refractivity (Wildman–Crippen MR) is 47.6 cm³/mol. The minimum atomic E-state index is -4.01. The maximum atomic E-state index is 11.0. The lowest BCUT2D eigenvalue weighted by Gasteiger charge is -2.05. The minimum Gasteiger partial charge on any atom is -0.324 e. The number of aromatic nitrogens is 1. The first-order chi connectivity index (χ1) is 5.99. The zero-order valence-electron chi connectivity index (χ0n) is 6.83. The van der Waals surface area contributed by atoms with Gasteiger partial charge in [-0.05, 0) is 6.07 Å². The second-order valence-corrected chi connectivity index (χ2v) is 4.40. The summed E-state index contributed by atoms with van der Waals surface area (Å²) < 4.78 is 11.8. The van der Waals surface area contributed by atoms with Crippen LogP contribution in [0.1, 0.15) is 0 Å². The molecule has 0 unspecified atom stereocenters. The number of aryl methyl sites for hydroxylation is 1. The van der Waals surface area contributed by atoms with Crippen molar-refractivity contribution in [3.05, 3.63) is 34.7 Å². The molecule has 72 valence electrons. The van der Waals surface area contributed by atoms with Gasteiger partial charge in [0.1, 0.15) is 0 Å². The molecule has 0 fully saturated rings. The first-order valence-electron chi connectivity index (χ1n) is 3.69. The molecule has 0 spiro atoms. The summed E-state index contributed by atoms with van der Waals surface area (Å²) in [5, 5.41) is 0. The number of rotatable bonds is 3. The van der Waals surface area contributed by atoms with Gasteiger partial charge >= 0.3 is 7.60 Å². The van der Waals surface area contributed by atoms with E-state index in [0.29, 0.717) is 0 Å². The van der Waals surface area contributed by atoms with Crippen LogP contribution in [-0.2, 0) is 11.1 Å². The van der Waals surface area contributed by atoms with Gasteiger partial charge in [0.05, 0.1) is 6.16 Å². The van der Waals surface area contributed by atoms with Crippen LogP contribution in [-0.4, -0.2) is 20.5 Å². The smallest absolute Gasteiger partial charge is 0.324 e. The van der Waals surface area contributed by atoms with Crippen molar-refractivity contribution < 1.29 is 14.4 Å². The van der Waals surface area contributed by atoms with Crippen LogP contribution in [0, 0.1) is 0 Å². The summed E-state index contributed by atoms with van der Waals surface area (Å²) in [5.41, 5.74) is -0.254. The van der Waals surface area contributed by atoms with Crippen molar-refractivity contribution in [3.63, 3.8) is 0 Å². The summed E-state index contributed by atoms with van der Waals surface area (Å²) in [6, 6.07) is 4.57. The Balaban J connectivity index is 2.71. The van der Waals surface area contributed by atoms with E-state index >= 15 is 0 Å². The van der Waals surface area contributed by atoms with Crippen molar-refractivity contribution >= 4 is 7.60 Å². The van der Waals surface area contributed by atoms with E-state index in [4.69, 9.17) is 9.79 Å². The maximum absolute atomic E-state index is 11.0. The molecule has 0 saturated heterocycles. The molecule has 2 N–H and O–H groups in total. The zero-order chi connectivity index (χ0) is 9.90. The molecule has 5 nitrogen and oxygen atoms in total. The van der Waals surface area contributed by atoms with Gasteiger partial charge in [0.25, 0.3) is 5.56 Å². The van der Waals surface area contributed by atoms with Crippen LogP contribution in [0.3, 0.4) is 0 Å². The molecule has 0 bridgehead atoms. The van der Waals surface area contributed by atoms with E-state index in [1.165, 1.54) is 16.8 Å². The van der Waals surface area contributed by atoms with Crippen molar-refractivity contribution in [3.8, 4) is 0 Å². The lowest BCUT2D eigenvalue weighted by Crippen LogP contribution is -2.19. The van der Waals surface area contributed by atoms with Crippen molar-refractivity contribution in [2.75, 3.05) is 6.16 Å². The molecule has 0 amide bonds. The highest BCUT2D eigenvalue weighted by Crippen LogP contribution is 2.33. The standard InChI is InChI=1S/C7H10NO4P/c9-7-3-1-2-4-8(7)5-6-13(10,11)12/h1-4H,5-6H2,(H2,10,11,12). The minimum absolute atomic E-state index is 0.0456. The molecule has 1 heterocycles. The Labute approximate surface area is 74.8 Å². The second-order valence-electron chi connectivity index (χ2n) is 2.62. The summed E-state index contributed by atoms with van der Waals surface area (Å²) >= 11 is 0. The average molecular weight is 203 g/mol. The molecule has 0 aliphatic rings. The molecule has 0 radical (unpaired) electrons. The van der Waals surface area contributed by atoms with Gasteiger partial charge in [-0.15, -0.1) is 0 Å². The van der Waals surface area contributed by atoms with E-state index in [1.54, 1.807) is 12.1 Å². The van der Waals surface area contributed by atoms with Gasteiger partial charge in [-0.3, -0.25) is 9.36 Å². The third kappa shape index (κ3) is 3.55. The Bertz CT molecular complexity index is 380. The van der Waals surface area contributed by atoms with E-state index < -0.39 is 7.60 Å². The summed E-state index contributed by atoms with van der Waals surface area (Å²) in [4.78, 5) is 28.2. The van der Waals surface area contributed by atoms with Gasteiger partial charge in [0.2, 0.25) is 0 Å². The summed E-state index contributed by atoms with van der Waals surface area (Å²) in [7, 11) is -4.01. The number of pyridine rings is 1. The van der Waals surface area contributed by atoms with Crippen LogP contribution in [0.5, 0.6) is 0 Å². The van der Waals surface area contributed by atoms with Crippen molar-refractivity contribution in [1.82, 2.24) is 4.57 Å². The molecular weight excluding hydrogens is 193 g/mol. The second kappa shape index (κ2) is 3.87. The Morgan fingerprint density at radius 1 is 1.38 bits per heavy atom. The van der Waals surface area contributed by atoms with Gasteiger partial charge in [-0.25, -0.2) is 0 Å². The highest BCUT2D eigenvalue weighted by molar-refractivity contribution is 7.51. The van der Waals surface area contributed by atoms with Crippen LogP contribution in [0.2, 0.25) is 0 Å². The zero-order valence-corrected chi connectivity index (χ0v) is 7.72. The van der Waals surface area contributed by atoms with E-state index in [9.17, 15) is 9.36 Å². The van der Waals surface area contributed by atoms with Crippen LogP contribution in [0.25, 0.3) is 0 Å². The monoisotopic (exact) mass is 203 g/mol. The maximum Gasteiger partial charge on any atom is 0.327 e. The Morgan fingerprint density at radius 3 is 2.62 bits per heavy atom. The van der Waals surface area contributed by atoms with Crippen LogP contribution in [0.4, 0.5) is 0 Å². The van der Waals surface area contributed by atoms with Gasteiger partial charge in [0, 0.05) is 18.8 Å². The highest BCUT2D eigenvalue weighted by Gasteiger charge is 2.12. The lowest BCUT2D eigenvalue weighted by molar-refractivity contribution is 0.369. The third-order valence-corrected chi connectivity index (χ3v) is 2.31. The summed E-state index contributed by atoms with van der Waals surface area (Å²) in [6.07, 6.45) is 1.19. The first-order valence-corrected chi connectivity index (χ1v) is 5.49. The molecule has 1 rings (SSSR count). The van der Waals surface area contributed by atoms with E-state index in [1.807, 2.05) is 0 Å². The van der Waals surface area contributed by atoms with Crippen molar-refractivity contribution in [2.45, 2.75) is 6.54 Å². The van der Waals surface area contributed by atoms with E-state index in [2.05, 4.69) is 0 Å². The number of nitrogens with zero attached hydrogens (tertiary/aromatic N) is 1. The fourth-order valence-corrected chi connectivity index (χ4v) is 1.36. The predicted octanol–water partition coefficient (Wildman–Crippen LogP) is 0.0260. The normalized spacial score (nSPS) is 11.5. The van der Waals surface area contributed by atoms with Gasteiger partial charge in [-0.2, -0.15) is 0 Å². The molecule has 0 atom stereocenters. The quantitative estimate of drug-likeness (QED) is 0.679.